The lowest BCUT2D eigenvalue weighted by Gasteiger charge is -2.18. The van der Waals surface area contributed by atoms with Crippen molar-refractivity contribution in [2.45, 2.75) is 19.8 Å². The van der Waals surface area contributed by atoms with Gasteiger partial charge in [0, 0.05) is 0 Å². The van der Waals surface area contributed by atoms with E-state index < -0.39 is 7.37 Å². The zero-order valence-corrected chi connectivity index (χ0v) is 16.9. The molecule has 1 heterocycles. The van der Waals surface area contributed by atoms with Gasteiger partial charge < -0.3 is 4.52 Å². The molecule has 0 bridgehead atoms. The van der Waals surface area contributed by atoms with Crippen molar-refractivity contribution < 1.29 is 9.09 Å². The Labute approximate surface area is 163 Å². The summed E-state index contributed by atoms with van der Waals surface area (Å²) in [6, 6.07) is 25.0. The zero-order valence-electron chi connectivity index (χ0n) is 15.2. The lowest BCUT2D eigenvalue weighted by molar-refractivity contribution is 0.502. The topological polar surface area (TPSA) is 39.2 Å². The Kier molecular flexibility index (Phi) is 4.86. The van der Waals surface area contributed by atoms with Crippen LogP contribution in [0.5, 0.6) is 5.75 Å². The summed E-state index contributed by atoms with van der Waals surface area (Å²) >= 11 is 1.43. The normalized spacial score (nSPS) is 13.6. The molecule has 3 aromatic carbocycles. The lowest BCUT2D eigenvalue weighted by Crippen LogP contribution is -2.19. The fraction of sp³-hybridized carbons (Fsp3) is 0.136. The molecule has 1 aromatic heterocycles. The molecule has 5 heteroatoms. The van der Waals surface area contributed by atoms with E-state index in [1.54, 1.807) is 0 Å². The second-order valence-electron chi connectivity index (χ2n) is 6.67. The Balaban J connectivity index is 1.80. The molecule has 136 valence electrons. The van der Waals surface area contributed by atoms with Gasteiger partial charge in [-0.3, -0.25) is 4.57 Å². The molecule has 3 nitrogen and oxygen atoms in total. The van der Waals surface area contributed by atoms with Crippen molar-refractivity contribution in [3.63, 3.8) is 0 Å². The van der Waals surface area contributed by atoms with E-state index in [1.807, 2.05) is 78.9 Å². The molecule has 0 spiro atoms. The minimum atomic E-state index is -3.35. The van der Waals surface area contributed by atoms with E-state index in [4.69, 9.17) is 4.52 Å². The van der Waals surface area contributed by atoms with Crippen molar-refractivity contribution in [3.05, 3.63) is 84.4 Å². The van der Waals surface area contributed by atoms with Crippen LogP contribution in [0, 0.1) is 0 Å². The second kappa shape index (κ2) is 7.30. The molecule has 1 unspecified atom stereocenters. The summed E-state index contributed by atoms with van der Waals surface area (Å²) < 4.78 is 21.8. The van der Waals surface area contributed by atoms with Crippen LogP contribution >= 0.6 is 18.7 Å². The molecule has 0 aliphatic carbocycles. The molecule has 0 amide bonds. The number of thiazole rings is 1. The average molecular weight is 393 g/mol. The molecular formula is C22H20NO2PS. The smallest absolute Gasteiger partial charge is 0.334 e. The van der Waals surface area contributed by atoms with Crippen molar-refractivity contribution in [3.8, 4) is 5.75 Å². The number of aromatic nitrogens is 1. The summed E-state index contributed by atoms with van der Waals surface area (Å²) in [5, 5.41) is 0.650. The summed E-state index contributed by atoms with van der Waals surface area (Å²) in [5.41, 5.74) is 2.06. The van der Waals surface area contributed by atoms with Crippen LogP contribution in [0.4, 0.5) is 0 Å². The summed E-state index contributed by atoms with van der Waals surface area (Å²) in [6.45, 7) is 4.29. The van der Waals surface area contributed by atoms with Gasteiger partial charge in [0.25, 0.3) is 0 Å². The lowest BCUT2D eigenvalue weighted by atomic mass is 10.0. The summed E-state index contributed by atoms with van der Waals surface area (Å²) in [7, 11) is -3.35. The van der Waals surface area contributed by atoms with E-state index in [-0.39, 0.29) is 0 Å². The van der Waals surface area contributed by atoms with Gasteiger partial charge in [0.15, 0.2) is 4.75 Å². The predicted octanol–water partition coefficient (Wildman–Crippen LogP) is 5.73. The number of rotatable bonds is 5. The van der Waals surface area contributed by atoms with E-state index in [0.717, 1.165) is 10.2 Å². The number of benzene rings is 3. The van der Waals surface area contributed by atoms with Gasteiger partial charge in [-0.2, -0.15) is 0 Å². The number of fused-ring (bicyclic) bond motifs is 1. The highest BCUT2D eigenvalue weighted by Gasteiger charge is 2.34. The molecule has 0 saturated carbocycles. The monoisotopic (exact) mass is 393 g/mol. The first-order valence-corrected chi connectivity index (χ1v) is 11.3. The Morgan fingerprint density at radius 3 is 2.22 bits per heavy atom. The van der Waals surface area contributed by atoms with Crippen LogP contribution in [0.1, 0.15) is 25.3 Å². The van der Waals surface area contributed by atoms with E-state index in [2.05, 4.69) is 18.8 Å². The summed E-state index contributed by atoms with van der Waals surface area (Å²) in [5.74, 6) is 1.02. The second-order valence-corrected chi connectivity index (χ2v) is 10.2. The first-order chi connectivity index (χ1) is 13.1. The van der Waals surface area contributed by atoms with Crippen LogP contribution in [0.2, 0.25) is 0 Å². The third-order valence-corrected chi connectivity index (χ3v) is 8.29. The summed E-state index contributed by atoms with van der Waals surface area (Å²) in [4.78, 5) is 4.63. The average Bonchev–Trinajstić information content (AvgIpc) is 3.14. The van der Waals surface area contributed by atoms with Crippen LogP contribution in [0.15, 0.2) is 78.9 Å². The highest BCUT2D eigenvalue weighted by atomic mass is 32.1. The molecule has 4 aromatic rings. The highest BCUT2D eigenvalue weighted by Crippen LogP contribution is 2.47. The fourth-order valence-corrected chi connectivity index (χ4v) is 6.41. The molecule has 0 aliphatic rings. The Morgan fingerprint density at radius 2 is 1.56 bits per heavy atom. The molecule has 0 N–H and O–H groups in total. The van der Waals surface area contributed by atoms with Gasteiger partial charge >= 0.3 is 7.37 Å². The first-order valence-electron chi connectivity index (χ1n) is 8.87. The van der Waals surface area contributed by atoms with Crippen LogP contribution in [0.3, 0.4) is 0 Å². The number of nitrogens with zero attached hydrogens (tertiary/aromatic N) is 1. The Morgan fingerprint density at radius 1 is 0.889 bits per heavy atom. The van der Waals surface area contributed by atoms with Gasteiger partial charge in [-0.25, -0.2) is 4.98 Å². The maximum absolute atomic E-state index is 14.1. The molecular weight excluding hydrogens is 373 g/mol. The van der Waals surface area contributed by atoms with Crippen LogP contribution in [-0.2, 0) is 4.57 Å². The zero-order chi connectivity index (χ0) is 18.9. The molecule has 4 rings (SSSR count). The van der Waals surface area contributed by atoms with E-state index in [9.17, 15) is 4.57 Å². The van der Waals surface area contributed by atoms with Crippen LogP contribution in [0.25, 0.3) is 10.2 Å². The maximum atomic E-state index is 14.1. The first kappa shape index (κ1) is 18.0. The van der Waals surface area contributed by atoms with Crippen molar-refractivity contribution in [1.29, 1.82) is 0 Å². The van der Waals surface area contributed by atoms with Gasteiger partial charge in [0.1, 0.15) is 5.75 Å². The minimum Gasteiger partial charge on any atom is -0.435 e. The number of hydrogen-bond acceptors (Lipinski definition) is 4. The highest BCUT2D eigenvalue weighted by molar-refractivity contribution is 7.79. The van der Waals surface area contributed by atoms with Crippen molar-refractivity contribution in [1.82, 2.24) is 4.98 Å². The van der Waals surface area contributed by atoms with Gasteiger partial charge in [0.2, 0.25) is 0 Å². The largest absolute Gasteiger partial charge is 0.435 e. The summed E-state index contributed by atoms with van der Waals surface area (Å²) in [6.07, 6.45) is 0. The van der Waals surface area contributed by atoms with Gasteiger partial charge in [-0.1, -0.05) is 56.3 Å². The van der Waals surface area contributed by atoms with Crippen LogP contribution < -0.4 is 14.6 Å². The number of hydrogen-bond donors (Lipinski definition) is 0. The van der Waals surface area contributed by atoms with Crippen molar-refractivity contribution in [2.75, 3.05) is 0 Å². The van der Waals surface area contributed by atoms with Gasteiger partial charge in [-0.05, 0) is 47.9 Å². The fourth-order valence-electron chi connectivity index (χ4n) is 2.87. The molecule has 0 radical (unpaired) electrons. The van der Waals surface area contributed by atoms with E-state index in [1.165, 1.54) is 16.9 Å². The van der Waals surface area contributed by atoms with Gasteiger partial charge in [0.05, 0.1) is 15.5 Å². The molecule has 0 fully saturated rings. The SMILES string of the molecule is CC(C)c1ccc(OP(=O)(c2ccccc2)c2nc3ccccc3s2)cc1. The molecule has 1 atom stereocenters. The van der Waals surface area contributed by atoms with Crippen molar-refractivity contribution in [2.24, 2.45) is 0 Å². The van der Waals surface area contributed by atoms with E-state index in [0.29, 0.717) is 21.7 Å². The minimum absolute atomic E-state index is 0.434. The van der Waals surface area contributed by atoms with Crippen LogP contribution in [-0.4, -0.2) is 4.98 Å². The third kappa shape index (κ3) is 3.55. The Bertz CT molecular complexity index is 1070. The quantitative estimate of drug-likeness (QED) is 0.407. The standard InChI is InChI=1S/C22H20NO2PS/c1-16(2)17-12-14-18(15-13-17)25-26(24,19-8-4-3-5-9-19)22-23-20-10-6-7-11-21(20)27-22/h3-16H,1-2H3. The maximum Gasteiger partial charge on any atom is 0.334 e. The third-order valence-electron chi connectivity index (χ3n) is 4.41. The molecule has 0 aliphatic heterocycles. The van der Waals surface area contributed by atoms with Crippen molar-refractivity contribution >= 4 is 39.0 Å². The Hall–Kier alpha value is -2.42. The molecule has 0 saturated heterocycles. The number of para-hydroxylation sites is 1. The van der Waals surface area contributed by atoms with E-state index >= 15 is 0 Å². The molecule has 27 heavy (non-hydrogen) atoms. The van der Waals surface area contributed by atoms with Gasteiger partial charge in [-0.15, -0.1) is 11.3 Å². The predicted molar refractivity (Wildman–Crippen MR) is 114 cm³/mol.